The number of ketones is 1. The van der Waals surface area contributed by atoms with E-state index >= 15 is 0 Å². The second-order valence-corrected chi connectivity index (χ2v) is 8.66. The number of aliphatic hydroxyl groups is 3. The first-order valence-corrected chi connectivity index (χ1v) is 11.3. The molecule has 0 aliphatic carbocycles. The van der Waals surface area contributed by atoms with Crippen LogP contribution in [-0.2, 0) is 18.6 Å². The number of nitrogens with zero attached hydrogens (tertiary/aromatic N) is 2. The van der Waals surface area contributed by atoms with Gasteiger partial charge in [0.1, 0.15) is 23.9 Å². The summed E-state index contributed by atoms with van der Waals surface area (Å²) in [6.45, 7) is 0.0603. The summed E-state index contributed by atoms with van der Waals surface area (Å²) in [6, 6.07) is 13.5. The minimum Gasteiger partial charge on any atom is -0.485 e. The molecule has 2 heterocycles. The van der Waals surface area contributed by atoms with E-state index in [1.807, 2.05) is 0 Å². The van der Waals surface area contributed by atoms with Crippen molar-refractivity contribution in [3.8, 4) is 5.75 Å². The molecule has 7 nitrogen and oxygen atoms in total. The molecule has 0 saturated heterocycles. The van der Waals surface area contributed by atoms with Crippen LogP contribution in [0.1, 0.15) is 39.3 Å². The van der Waals surface area contributed by atoms with E-state index in [4.69, 9.17) is 4.74 Å². The molecular formula is C27H26F2N2O5. The van der Waals surface area contributed by atoms with E-state index < -0.39 is 30.3 Å². The quantitative estimate of drug-likeness (QED) is 0.291. The maximum absolute atomic E-state index is 14.0. The van der Waals surface area contributed by atoms with Gasteiger partial charge in [0.2, 0.25) is 0 Å². The number of aliphatic hydroxyl groups excluding tert-OH is 3. The maximum Gasteiger partial charge on any atom is 0.182 e. The van der Waals surface area contributed by atoms with Crippen molar-refractivity contribution in [2.24, 2.45) is 0 Å². The van der Waals surface area contributed by atoms with E-state index in [1.54, 1.807) is 49.5 Å². The summed E-state index contributed by atoms with van der Waals surface area (Å²) in [6.07, 6.45) is 1.39. The molecule has 0 saturated carbocycles. The Balaban J connectivity index is 1.67. The van der Waals surface area contributed by atoms with E-state index in [0.717, 1.165) is 12.1 Å². The first-order valence-electron chi connectivity index (χ1n) is 11.3. The van der Waals surface area contributed by atoms with Gasteiger partial charge in [-0.05, 0) is 42.3 Å². The van der Waals surface area contributed by atoms with Crippen LogP contribution in [0, 0.1) is 18.6 Å². The number of benzene rings is 2. The molecule has 0 bridgehead atoms. The zero-order valence-electron chi connectivity index (χ0n) is 19.6. The Morgan fingerprint density at radius 3 is 2.39 bits per heavy atom. The predicted octanol–water partition coefficient (Wildman–Crippen LogP) is 3.49. The van der Waals surface area contributed by atoms with Gasteiger partial charge in [0.25, 0.3) is 0 Å². The molecule has 4 rings (SSSR count). The number of carbonyl (C=O) groups is 1. The largest absolute Gasteiger partial charge is 0.485 e. The van der Waals surface area contributed by atoms with Crippen molar-refractivity contribution in [3.05, 3.63) is 101 Å². The van der Waals surface area contributed by atoms with E-state index in [0.29, 0.717) is 16.8 Å². The Bertz CT molecular complexity index is 1380. The predicted molar refractivity (Wildman–Crippen MR) is 128 cm³/mol. The van der Waals surface area contributed by atoms with Crippen LogP contribution >= 0.6 is 0 Å². The Morgan fingerprint density at radius 1 is 1.03 bits per heavy atom. The molecule has 0 aliphatic heterocycles. The van der Waals surface area contributed by atoms with Crippen molar-refractivity contribution in [3.63, 3.8) is 0 Å². The fourth-order valence-electron chi connectivity index (χ4n) is 4.26. The van der Waals surface area contributed by atoms with Crippen LogP contribution in [0.4, 0.5) is 8.78 Å². The van der Waals surface area contributed by atoms with Crippen LogP contribution in [0.25, 0.3) is 5.65 Å². The molecule has 0 unspecified atom stereocenters. The highest BCUT2D eigenvalue weighted by atomic mass is 19.1. The molecule has 0 atom stereocenters. The summed E-state index contributed by atoms with van der Waals surface area (Å²) in [4.78, 5) is 18.0. The topological polar surface area (TPSA) is 104 Å². The molecule has 0 fully saturated rings. The van der Waals surface area contributed by atoms with E-state index in [9.17, 15) is 28.9 Å². The number of aryl methyl sites for hydroxylation is 1. The molecule has 36 heavy (non-hydrogen) atoms. The maximum atomic E-state index is 14.0. The van der Waals surface area contributed by atoms with Crippen LogP contribution in [0.5, 0.6) is 5.75 Å². The van der Waals surface area contributed by atoms with Gasteiger partial charge in [-0.15, -0.1) is 0 Å². The van der Waals surface area contributed by atoms with Crippen LogP contribution in [0.3, 0.4) is 0 Å². The monoisotopic (exact) mass is 496 g/mol. The van der Waals surface area contributed by atoms with Gasteiger partial charge in [0.15, 0.2) is 17.2 Å². The van der Waals surface area contributed by atoms with Crippen LogP contribution in [0.2, 0.25) is 0 Å². The number of hydrogen-bond acceptors (Lipinski definition) is 6. The summed E-state index contributed by atoms with van der Waals surface area (Å²) in [5.74, 6) is -1.61. The minimum absolute atomic E-state index is 0.222. The first-order chi connectivity index (χ1) is 17.3. The van der Waals surface area contributed by atoms with Crippen LogP contribution in [-0.4, -0.2) is 43.7 Å². The van der Waals surface area contributed by atoms with Crippen molar-refractivity contribution in [2.75, 3.05) is 13.2 Å². The standard InChI is InChI=1S/C27H26F2N2O5/c1-17-25(23(35)12-27(15-33,16-34)19-6-2-5-18(11-19)13-32)31-10-4-9-24(26(31)30-17)36-14-20-21(28)7-3-8-22(20)29/h2-11,32-34H,12-16H2,1H3. The highest BCUT2D eigenvalue weighted by Crippen LogP contribution is 2.32. The summed E-state index contributed by atoms with van der Waals surface area (Å²) in [7, 11) is 0. The SMILES string of the molecule is Cc1nc2c(OCc3c(F)cccc3F)cccn2c1C(=O)CC(CO)(CO)c1cccc(CO)c1. The lowest BCUT2D eigenvalue weighted by Gasteiger charge is -2.30. The number of halogens is 2. The van der Waals surface area contributed by atoms with Crippen molar-refractivity contribution in [1.29, 1.82) is 0 Å². The fraction of sp³-hybridized carbons (Fsp3) is 0.259. The van der Waals surface area contributed by atoms with Gasteiger partial charge in [-0.2, -0.15) is 0 Å². The zero-order valence-corrected chi connectivity index (χ0v) is 19.6. The highest BCUT2D eigenvalue weighted by molar-refractivity contribution is 5.97. The number of rotatable bonds is 10. The zero-order chi connectivity index (χ0) is 25.9. The molecular weight excluding hydrogens is 470 g/mol. The van der Waals surface area contributed by atoms with Crippen molar-refractivity contribution >= 4 is 11.4 Å². The number of hydrogen-bond donors (Lipinski definition) is 3. The summed E-state index contributed by atoms with van der Waals surface area (Å²) < 4.78 is 35.2. The van der Waals surface area contributed by atoms with Gasteiger partial charge in [0.05, 0.1) is 31.1 Å². The van der Waals surface area contributed by atoms with Gasteiger partial charge >= 0.3 is 0 Å². The average molecular weight is 497 g/mol. The lowest BCUT2D eigenvalue weighted by Crippen LogP contribution is -2.37. The number of imidazole rings is 1. The summed E-state index contributed by atoms with van der Waals surface area (Å²) >= 11 is 0. The lowest BCUT2D eigenvalue weighted by atomic mass is 9.76. The number of pyridine rings is 1. The fourth-order valence-corrected chi connectivity index (χ4v) is 4.26. The Labute approximate surface area is 206 Å². The van der Waals surface area contributed by atoms with Crippen molar-refractivity contribution in [2.45, 2.75) is 32.0 Å². The highest BCUT2D eigenvalue weighted by Gasteiger charge is 2.36. The molecule has 0 radical (unpaired) electrons. The molecule has 188 valence electrons. The first kappa shape index (κ1) is 25.4. The number of carbonyl (C=O) groups excluding carboxylic acids is 1. The van der Waals surface area contributed by atoms with Crippen LogP contribution < -0.4 is 4.74 Å². The molecule has 0 aliphatic rings. The second-order valence-electron chi connectivity index (χ2n) is 8.66. The number of fused-ring (bicyclic) bond motifs is 1. The van der Waals surface area contributed by atoms with E-state index in [2.05, 4.69) is 4.98 Å². The third-order valence-corrected chi connectivity index (χ3v) is 6.31. The molecule has 2 aromatic carbocycles. The third kappa shape index (κ3) is 4.73. The lowest BCUT2D eigenvalue weighted by molar-refractivity contribution is 0.0782. The van der Waals surface area contributed by atoms with Gasteiger partial charge < -0.3 is 20.1 Å². The number of ether oxygens (including phenoxy) is 1. The molecule has 2 aromatic heterocycles. The molecule has 0 spiro atoms. The number of aromatic nitrogens is 2. The minimum atomic E-state index is -1.28. The number of Topliss-reactive ketones (excluding diaryl/α,β-unsaturated/α-hetero) is 1. The average Bonchev–Trinajstić information content (AvgIpc) is 3.23. The van der Waals surface area contributed by atoms with Gasteiger partial charge in [-0.1, -0.05) is 30.3 Å². The second kappa shape index (κ2) is 10.5. The summed E-state index contributed by atoms with van der Waals surface area (Å²) in [5.41, 5.74) is 0.519. The van der Waals surface area contributed by atoms with Crippen LogP contribution in [0.15, 0.2) is 60.8 Å². The van der Waals surface area contributed by atoms with Gasteiger partial charge in [-0.3, -0.25) is 9.20 Å². The van der Waals surface area contributed by atoms with Crippen molar-refractivity contribution in [1.82, 2.24) is 9.38 Å². The summed E-state index contributed by atoms with van der Waals surface area (Å²) in [5, 5.41) is 29.9. The molecule has 9 heteroatoms. The molecule has 4 aromatic rings. The Hall–Kier alpha value is -3.66. The molecule has 3 N–H and O–H groups in total. The van der Waals surface area contributed by atoms with Gasteiger partial charge in [0, 0.05) is 18.0 Å². The van der Waals surface area contributed by atoms with E-state index in [1.165, 1.54) is 10.5 Å². The molecule has 0 amide bonds. The van der Waals surface area contributed by atoms with Crippen molar-refractivity contribution < 1.29 is 33.6 Å². The normalized spacial score (nSPS) is 11.7. The smallest absolute Gasteiger partial charge is 0.182 e. The Morgan fingerprint density at radius 2 is 1.72 bits per heavy atom. The van der Waals surface area contributed by atoms with Gasteiger partial charge in [-0.25, -0.2) is 13.8 Å². The van der Waals surface area contributed by atoms with E-state index in [-0.39, 0.29) is 48.1 Å². The Kier molecular flexibility index (Phi) is 7.44. The third-order valence-electron chi connectivity index (χ3n) is 6.31.